The van der Waals surface area contributed by atoms with Gasteiger partial charge in [0.25, 0.3) is 0 Å². The van der Waals surface area contributed by atoms with Gasteiger partial charge in [-0.15, -0.1) is 0 Å². The van der Waals surface area contributed by atoms with Crippen LogP contribution in [0.25, 0.3) is 5.69 Å². The summed E-state index contributed by atoms with van der Waals surface area (Å²) in [6.07, 6.45) is 2.33. The molecule has 0 aliphatic carbocycles. The van der Waals surface area contributed by atoms with Gasteiger partial charge in [-0.2, -0.15) is 5.10 Å². The van der Waals surface area contributed by atoms with E-state index >= 15 is 0 Å². The van der Waals surface area contributed by atoms with Crippen molar-refractivity contribution in [3.63, 3.8) is 0 Å². The summed E-state index contributed by atoms with van der Waals surface area (Å²) < 4.78 is 13.6. The summed E-state index contributed by atoms with van der Waals surface area (Å²) in [7, 11) is -0.916. The molecule has 1 atom stereocenters. The molecule has 1 aliphatic heterocycles. The van der Waals surface area contributed by atoms with Crippen molar-refractivity contribution in [3.8, 4) is 5.69 Å². The average Bonchev–Trinajstić information content (AvgIpc) is 3.03. The highest BCUT2D eigenvalue weighted by atomic mass is 32.2. The Balaban J connectivity index is 2.00. The van der Waals surface area contributed by atoms with Crippen LogP contribution in [0.3, 0.4) is 0 Å². The summed E-state index contributed by atoms with van der Waals surface area (Å²) in [5.41, 5.74) is 3.77. The minimum atomic E-state index is -0.916. The Labute approximate surface area is 138 Å². The molecular formula is C17H21N3O2S. The summed E-state index contributed by atoms with van der Waals surface area (Å²) in [5, 5.41) is 7.61. The number of carbonyl (C=O) groups is 1. The summed E-state index contributed by atoms with van der Waals surface area (Å²) in [4.78, 5) is 12.2. The lowest BCUT2D eigenvalue weighted by Crippen LogP contribution is -2.16. The number of nitrogens with one attached hydrogen (secondary N) is 1. The highest BCUT2D eigenvalue weighted by molar-refractivity contribution is 7.83. The smallest absolute Gasteiger partial charge is 0.225 e. The average molecular weight is 331 g/mol. The van der Waals surface area contributed by atoms with Gasteiger partial charge in [0.05, 0.1) is 22.9 Å². The first-order chi connectivity index (χ1) is 11.1. The zero-order valence-corrected chi connectivity index (χ0v) is 14.3. The zero-order valence-electron chi connectivity index (χ0n) is 13.5. The normalized spacial score (nSPS) is 16.3. The molecule has 6 heteroatoms. The number of nitrogens with zero attached hydrogens (tertiary/aromatic N) is 2. The van der Waals surface area contributed by atoms with E-state index in [1.54, 1.807) is 4.68 Å². The molecule has 0 fully saturated rings. The van der Waals surface area contributed by atoms with Crippen LogP contribution in [0.5, 0.6) is 0 Å². The lowest BCUT2D eigenvalue weighted by Gasteiger charge is -2.12. The number of aromatic nitrogens is 2. The fraction of sp³-hybridized carbons (Fsp3) is 0.412. The molecule has 1 N–H and O–H groups in total. The van der Waals surface area contributed by atoms with Crippen LogP contribution in [0.2, 0.25) is 0 Å². The Hall–Kier alpha value is -1.95. The van der Waals surface area contributed by atoms with Crippen molar-refractivity contribution in [2.24, 2.45) is 0 Å². The number of unbranched alkanes of at least 4 members (excludes halogenated alkanes) is 1. The van der Waals surface area contributed by atoms with Crippen LogP contribution in [0.15, 0.2) is 24.3 Å². The number of amides is 1. The van der Waals surface area contributed by atoms with E-state index in [4.69, 9.17) is 0 Å². The van der Waals surface area contributed by atoms with E-state index in [0.29, 0.717) is 23.7 Å². The van der Waals surface area contributed by atoms with Crippen LogP contribution >= 0.6 is 0 Å². The van der Waals surface area contributed by atoms with Crippen LogP contribution in [0, 0.1) is 6.92 Å². The Morgan fingerprint density at radius 2 is 2.13 bits per heavy atom. The number of rotatable bonds is 5. The van der Waals surface area contributed by atoms with Crippen molar-refractivity contribution >= 4 is 22.5 Å². The van der Waals surface area contributed by atoms with Gasteiger partial charge < -0.3 is 5.32 Å². The third kappa shape index (κ3) is 3.22. The van der Waals surface area contributed by atoms with Crippen LogP contribution in [0.1, 0.15) is 43.0 Å². The number of hydrogen-bond donors (Lipinski definition) is 1. The minimum Gasteiger partial charge on any atom is -0.310 e. The first-order valence-electron chi connectivity index (χ1n) is 7.91. The van der Waals surface area contributed by atoms with Crippen LogP contribution in [-0.4, -0.2) is 19.9 Å². The van der Waals surface area contributed by atoms with Gasteiger partial charge in [0.1, 0.15) is 5.82 Å². The molecule has 0 spiro atoms. The highest BCUT2D eigenvalue weighted by Crippen LogP contribution is 2.32. The number of fused-ring (bicyclic) bond motifs is 1. The van der Waals surface area contributed by atoms with E-state index in [0.717, 1.165) is 35.3 Å². The molecule has 1 aromatic heterocycles. The molecule has 122 valence electrons. The van der Waals surface area contributed by atoms with E-state index in [2.05, 4.69) is 17.3 Å². The molecule has 3 rings (SSSR count). The highest BCUT2D eigenvalue weighted by Gasteiger charge is 2.28. The first-order valence-corrected chi connectivity index (χ1v) is 9.40. The Kier molecular flexibility index (Phi) is 4.61. The minimum absolute atomic E-state index is 0.0120. The molecular weight excluding hydrogens is 310 g/mol. The Morgan fingerprint density at radius 3 is 2.87 bits per heavy atom. The SMILES string of the molecule is CCCCC(=O)Nc1c2c(nn1-c1ccccc1C)C[S@@](=O)C2. The zero-order chi connectivity index (χ0) is 16.4. The van der Waals surface area contributed by atoms with E-state index in [9.17, 15) is 9.00 Å². The summed E-state index contributed by atoms with van der Waals surface area (Å²) in [5.74, 6) is 1.60. The van der Waals surface area contributed by atoms with Crippen LogP contribution in [-0.2, 0) is 27.1 Å². The van der Waals surface area contributed by atoms with Crippen LogP contribution < -0.4 is 5.32 Å². The van der Waals surface area contributed by atoms with Crippen molar-refractivity contribution < 1.29 is 9.00 Å². The fourth-order valence-electron chi connectivity index (χ4n) is 2.76. The molecule has 0 bridgehead atoms. The second-order valence-electron chi connectivity index (χ2n) is 5.85. The molecule has 0 unspecified atom stereocenters. The molecule has 23 heavy (non-hydrogen) atoms. The van der Waals surface area contributed by atoms with Crippen molar-refractivity contribution in [3.05, 3.63) is 41.1 Å². The van der Waals surface area contributed by atoms with Gasteiger partial charge >= 0.3 is 0 Å². The van der Waals surface area contributed by atoms with E-state index in [1.165, 1.54) is 0 Å². The van der Waals surface area contributed by atoms with Gasteiger partial charge in [-0.05, 0) is 25.0 Å². The van der Waals surface area contributed by atoms with Crippen molar-refractivity contribution in [2.75, 3.05) is 5.32 Å². The van der Waals surface area contributed by atoms with Crippen LogP contribution in [0.4, 0.5) is 5.82 Å². The lowest BCUT2D eigenvalue weighted by molar-refractivity contribution is -0.116. The van der Waals surface area contributed by atoms with Gasteiger partial charge in [0.2, 0.25) is 5.91 Å². The maximum absolute atomic E-state index is 12.2. The number of hydrogen-bond acceptors (Lipinski definition) is 3. The van der Waals surface area contributed by atoms with E-state index < -0.39 is 10.8 Å². The fourth-order valence-corrected chi connectivity index (χ4v) is 4.03. The van der Waals surface area contributed by atoms with Gasteiger partial charge in [0.15, 0.2) is 0 Å². The van der Waals surface area contributed by atoms with Gasteiger partial charge in [-0.1, -0.05) is 31.5 Å². The Bertz CT molecular complexity index is 767. The van der Waals surface area contributed by atoms with Crippen molar-refractivity contribution in [2.45, 2.75) is 44.6 Å². The lowest BCUT2D eigenvalue weighted by atomic mass is 10.2. The topological polar surface area (TPSA) is 64.0 Å². The third-order valence-electron chi connectivity index (χ3n) is 4.03. The van der Waals surface area contributed by atoms with Gasteiger partial charge in [-0.3, -0.25) is 9.00 Å². The molecule has 1 aromatic carbocycles. The Morgan fingerprint density at radius 1 is 1.35 bits per heavy atom. The molecule has 0 saturated heterocycles. The van der Waals surface area contributed by atoms with Crippen molar-refractivity contribution in [1.82, 2.24) is 9.78 Å². The first kappa shape index (κ1) is 15.9. The van der Waals surface area contributed by atoms with E-state index in [1.807, 2.05) is 31.2 Å². The maximum atomic E-state index is 12.2. The number of carbonyl (C=O) groups excluding carboxylic acids is 1. The predicted octanol–water partition coefficient (Wildman–Crippen LogP) is 3.07. The molecule has 2 heterocycles. The molecule has 0 radical (unpaired) electrons. The molecule has 2 aromatic rings. The largest absolute Gasteiger partial charge is 0.310 e. The monoisotopic (exact) mass is 331 g/mol. The quantitative estimate of drug-likeness (QED) is 0.916. The third-order valence-corrected chi connectivity index (χ3v) is 5.23. The second kappa shape index (κ2) is 6.66. The number of para-hydroxylation sites is 1. The molecule has 5 nitrogen and oxygen atoms in total. The van der Waals surface area contributed by atoms with Crippen molar-refractivity contribution in [1.29, 1.82) is 0 Å². The second-order valence-corrected chi connectivity index (χ2v) is 7.31. The van der Waals surface area contributed by atoms with Gasteiger partial charge in [-0.25, -0.2) is 4.68 Å². The summed E-state index contributed by atoms with van der Waals surface area (Å²) in [6.45, 7) is 4.08. The standard InChI is InChI=1S/C17H21N3O2S/c1-3-4-9-16(21)18-17-13-10-23(22)11-14(13)19-20(17)15-8-6-5-7-12(15)2/h5-8H,3-4,9-11H2,1-2H3,(H,18,21)/t23-/m0/s1. The van der Waals surface area contributed by atoms with E-state index in [-0.39, 0.29) is 5.91 Å². The molecule has 1 amide bonds. The van der Waals surface area contributed by atoms with Gasteiger partial charge in [0, 0.05) is 22.8 Å². The number of anilines is 1. The summed E-state index contributed by atoms with van der Waals surface area (Å²) >= 11 is 0. The number of benzene rings is 1. The predicted molar refractivity (Wildman–Crippen MR) is 92.0 cm³/mol. The summed E-state index contributed by atoms with van der Waals surface area (Å²) in [6, 6.07) is 7.93. The molecule has 0 saturated carbocycles. The molecule has 1 aliphatic rings. The maximum Gasteiger partial charge on any atom is 0.225 e. The number of aryl methyl sites for hydroxylation is 1.